The fraction of sp³-hybridized carbons (Fsp3) is 0.308. The number of hydrogen-bond acceptors (Lipinski definition) is 5. The zero-order chi connectivity index (χ0) is 21.6. The molecule has 1 fully saturated rings. The van der Waals surface area contributed by atoms with Crippen LogP contribution in [0.4, 0.5) is 0 Å². The summed E-state index contributed by atoms with van der Waals surface area (Å²) in [4.78, 5) is 16.6. The lowest BCUT2D eigenvalue weighted by atomic mass is 9.91. The third kappa shape index (κ3) is 4.94. The van der Waals surface area contributed by atoms with Crippen molar-refractivity contribution in [3.63, 3.8) is 0 Å². The Labute approximate surface area is 183 Å². The summed E-state index contributed by atoms with van der Waals surface area (Å²) in [5.74, 6) is 0.536. The van der Waals surface area contributed by atoms with E-state index in [-0.39, 0.29) is 5.97 Å². The predicted octanol–water partition coefficient (Wildman–Crippen LogP) is 4.94. The Kier molecular flexibility index (Phi) is 6.63. The van der Waals surface area contributed by atoms with E-state index < -0.39 is 0 Å². The molecule has 1 aliphatic heterocycles. The van der Waals surface area contributed by atoms with Crippen LogP contribution in [0.1, 0.15) is 40.9 Å². The smallest absolute Gasteiger partial charge is 0.337 e. The van der Waals surface area contributed by atoms with Crippen molar-refractivity contribution in [2.45, 2.75) is 26.2 Å². The van der Waals surface area contributed by atoms with E-state index in [1.54, 1.807) is 6.07 Å². The van der Waals surface area contributed by atoms with E-state index in [9.17, 15) is 4.79 Å². The van der Waals surface area contributed by atoms with Gasteiger partial charge >= 0.3 is 5.97 Å². The average Bonchev–Trinajstić information content (AvgIpc) is 2.81. The summed E-state index contributed by atoms with van der Waals surface area (Å²) in [6, 6.07) is 17.8. The number of carbonyl (C=O) groups excluding carboxylic acids is 1. The molecule has 0 bridgehead atoms. The number of fused-ring (bicyclic) bond motifs is 1. The molecule has 0 aliphatic carbocycles. The second kappa shape index (κ2) is 9.75. The van der Waals surface area contributed by atoms with Gasteiger partial charge in [-0.2, -0.15) is 0 Å². The van der Waals surface area contributed by atoms with E-state index in [1.807, 2.05) is 43.3 Å². The quantitative estimate of drug-likeness (QED) is 0.577. The van der Waals surface area contributed by atoms with E-state index in [1.165, 1.54) is 18.3 Å². The van der Waals surface area contributed by atoms with Gasteiger partial charge in [0.1, 0.15) is 5.75 Å². The molecule has 1 aromatic heterocycles. The molecule has 2 aromatic carbocycles. The number of benzene rings is 2. The monoisotopic (exact) mass is 416 g/mol. The molecule has 3 aromatic rings. The Morgan fingerprint density at radius 2 is 1.81 bits per heavy atom. The van der Waals surface area contributed by atoms with Crippen LogP contribution in [0.3, 0.4) is 0 Å². The van der Waals surface area contributed by atoms with E-state index in [2.05, 4.69) is 22.4 Å². The van der Waals surface area contributed by atoms with E-state index in [4.69, 9.17) is 9.47 Å². The number of ether oxygens (including phenoxy) is 2. The van der Waals surface area contributed by atoms with Crippen molar-refractivity contribution in [2.75, 3.05) is 26.8 Å². The fourth-order valence-electron chi connectivity index (χ4n) is 4.12. The van der Waals surface area contributed by atoms with Gasteiger partial charge in [-0.15, -0.1) is 0 Å². The zero-order valence-corrected chi connectivity index (χ0v) is 18.1. The minimum Gasteiger partial charge on any atom is -0.493 e. The average molecular weight is 417 g/mol. The molecule has 31 heavy (non-hydrogen) atoms. The Bertz CT molecular complexity index is 1110. The van der Waals surface area contributed by atoms with Crippen molar-refractivity contribution in [3.8, 4) is 5.75 Å². The van der Waals surface area contributed by atoms with Crippen LogP contribution in [0.25, 0.3) is 16.5 Å². The van der Waals surface area contributed by atoms with Gasteiger partial charge in [0.05, 0.1) is 24.8 Å². The highest BCUT2D eigenvalue weighted by Crippen LogP contribution is 2.30. The fourth-order valence-corrected chi connectivity index (χ4v) is 4.12. The highest BCUT2D eigenvalue weighted by atomic mass is 16.5. The van der Waals surface area contributed by atoms with E-state index >= 15 is 0 Å². The van der Waals surface area contributed by atoms with Gasteiger partial charge < -0.3 is 14.8 Å². The van der Waals surface area contributed by atoms with Crippen LogP contribution in [0.2, 0.25) is 0 Å². The van der Waals surface area contributed by atoms with Crippen LogP contribution in [-0.2, 0) is 4.74 Å². The molecule has 0 amide bonds. The summed E-state index contributed by atoms with van der Waals surface area (Å²) >= 11 is 0. The number of pyridine rings is 1. The molecule has 5 nitrogen and oxygen atoms in total. The summed E-state index contributed by atoms with van der Waals surface area (Å²) < 4.78 is 11.1. The first-order valence-corrected chi connectivity index (χ1v) is 10.8. The second-order valence-electron chi connectivity index (χ2n) is 7.78. The van der Waals surface area contributed by atoms with Crippen LogP contribution < -0.4 is 10.1 Å². The normalized spacial score (nSPS) is 13.8. The van der Waals surface area contributed by atoms with Gasteiger partial charge in [0.15, 0.2) is 0 Å². The number of hydrogen-bond donors (Lipinski definition) is 1. The van der Waals surface area contributed by atoms with Gasteiger partial charge in [0.2, 0.25) is 0 Å². The lowest BCUT2D eigenvalue weighted by Crippen LogP contribution is -2.24. The van der Waals surface area contributed by atoms with Gasteiger partial charge in [0.25, 0.3) is 0 Å². The lowest BCUT2D eigenvalue weighted by molar-refractivity contribution is 0.0600. The molecule has 0 radical (unpaired) electrons. The van der Waals surface area contributed by atoms with Crippen molar-refractivity contribution in [1.29, 1.82) is 0 Å². The first kappa shape index (κ1) is 21.1. The van der Waals surface area contributed by atoms with Crippen LogP contribution in [0.15, 0.2) is 60.2 Å². The lowest BCUT2D eigenvalue weighted by Gasteiger charge is -2.21. The van der Waals surface area contributed by atoms with Gasteiger partial charge in [-0.3, -0.25) is 4.98 Å². The highest BCUT2D eigenvalue weighted by Gasteiger charge is 2.15. The summed E-state index contributed by atoms with van der Waals surface area (Å²) in [5, 5.41) is 4.44. The minimum atomic E-state index is -0.314. The molecule has 5 heteroatoms. The molecule has 160 valence electrons. The summed E-state index contributed by atoms with van der Waals surface area (Å²) in [5.41, 5.74) is 6.27. The molecule has 1 aliphatic rings. The van der Waals surface area contributed by atoms with E-state index in [0.29, 0.717) is 12.2 Å². The third-order valence-corrected chi connectivity index (χ3v) is 5.71. The summed E-state index contributed by atoms with van der Waals surface area (Å²) in [7, 11) is 1.41. The van der Waals surface area contributed by atoms with Crippen molar-refractivity contribution < 1.29 is 14.3 Å². The molecule has 0 atom stereocenters. The van der Waals surface area contributed by atoms with Crippen LogP contribution in [0.5, 0.6) is 5.75 Å². The second-order valence-corrected chi connectivity index (χ2v) is 7.78. The number of rotatable bonds is 6. The minimum absolute atomic E-state index is 0.314. The topological polar surface area (TPSA) is 60.5 Å². The van der Waals surface area contributed by atoms with Crippen LogP contribution in [0, 0.1) is 6.92 Å². The molecule has 4 rings (SSSR count). The largest absolute Gasteiger partial charge is 0.493 e. The third-order valence-electron chi connectivity index (χ3n) is 5.71. The maximum atomic E-state index is 12.0. The Morgan fingerprint density at radius 1 is 1.03 bits per heavy atom. The standard InChI is InChI=1S/C26H28N2O3/c1-18-9-10-23-24(28-18)7-4-8-25(23)31-16-13-22(19-11-14-27-15-12-19)20-5-3-6-21(17-20)26(29)30-2/h3-10,17,27H,11-16H2,1-2H3. The van der Waals surface area contributed by atoms with E-state index in [0.717, 1.165) is 60.3 Å². The molecule has 0 spiro atoms. The highest BCUT2D eigenvalue weighted by molar-refractivity contribution is 5.90. The number of aryl methyl sites for hydroxylation is 1. The number of nitrogens with zero attached hydrogens (tertiary/aromatic N) is 1. The molecule has 0 saturated carbocycles. The first-order chi connectivity index (χ1) is 15.2. The van der Waals surface area contributed by atoms with Crippen LogP contribution >= 0.6 is 0 Å². The van der Waals surface area contributed by atoms with Gasteiger partial charge in [-0.05, 0) is 80.4 Å². The SMILES string of the molecule is COC(=O)c1cccc(C(CCOc2cccc3nc(C)ccc23)=C2CCNCC2)c1. The molecular formula is C26H28N2O3. The maximum Gasteiger partial charge on any atom is 0.337 e. The number of nitrogens with one attached hydrogen (secondary N) is 1. The first-order valence-electron chi connectivity index (χ1n) is 10.8. The molecule has 1 N–H and O–H groups in total. The molecular weight excluding hydrogens is 388 g/mol. The van der Waals surface area contributed by atoms with Gasteiger partial charge in [-0.1, -0.05) is 23.8 Å². The summed E-state index contributed by atoms with van der Waals surface area (Å²) in [6.45, 7) is 4.50. The number of carbonyl (C=O) groups is 1. The zero-order valence-electron chi connectivity index (χ0n) is 18.1. The number of aromatic nitrogens is 1. The number of piperidine rings is 1. The number of esters is 1. The van der Waals surface area contributed by atoms with Gasteiger partial charge in [0, 0.05) is 17.5 Å². The van der Waals surface area contributed by atoms with Crippen molar-refractivity contribution >= 4 is 22.4 Å². The van der Waals surface area contributed by atoms with Crippen molar-refractivity contribution in [1.82, 2.24) is 10.3 Å². The summed E-state index contributed by atoms with van der Waals surface area (Å²) in [6.07, 6.45) is 2.79. The van der Waals surface area contributed by atoms with Crippen molar-refractivity contribution in [3.05, 3.63) is 77.0 Å². The maximum absolute atomic E-state index is 12.0. The molecule has 2 heterocycles. The Hall–Kier alpha value is -3.18. The predicted molar refractivity (Wildman–Crippen MR) is 123 cm³/mol. The van der Waals surface area contributed by atoms with Crippen molar-refractivity contribution in [2.24, 2.45) is 0 Å². The van der Waals surface area contributed by atoms with Gasteiger partial charge in [-0.25, -0.2) is 4.79 Å². The van der Waals surface area contributed by atoms with Crippen LogP contribution in [-0.4, -0.2) is 37.8 Å². The Balaban J connectivity index is 1.58. The molecule has 1 saturated heterocycles. The Morgan fingerprint density at radius 3 is 2.61 bits per heavy atom. The number of methoxy groups -OCH3 is 1. The molecule has 0 unspecified atom stereocenters.